The summed E-state index contributed by atoms with van der Waals surface area (Å²) in [4.78, 5) is 23.7. The highest BCUT2D eigenvalue weighted by Crippen LogP contribution is 2.32. The van der Waals surface area contributed by atoms with Crippen molar-refractivity contribution in [3.63, 3.8) is 0 Å². The summed E-state index contributed by atoms with van der Waals surface area (Å²) < 4.78 is 19.2. The molecule has 0 saturated carbocycles. The molecule has 1 aliphatic heterocycles. The highest BCUT2D eigenvalue weighted by Gasteiger charge is 2.23. The maximum absolute atomic E-state index is 13.7. The zero-order chi connectivity index (χ0) is 17.3. The van der Waals surface area contributed by atoms with Crippen molar-refractivity contribution in [2.45, 2.75) is 19.4 Å². The number of carbonyl (C=O) groups excluding carboxylic acids is 2. The van der Waals surface area contributed by atoms with Crippen molar-refractivity contribution in [1.82, 2.24) is 0 Å². The van der Waals surface area contributed by atoms with Crippen molar-refractivity contribution < 1.29 is 18.7 Å². The third-order valence-electron chi connectivity index (χ3n) is 3.59. The lowest BCUT2D eigenvalue weighted by Gasteiger charge is -2.23. The van der Waals surface area contributed by atoms with E-state index in [-0.39, 0.29) is 22.9 Å². The summed E-state index contributed by atoms with van der Waals surface area (Å²) in [6.07, 6.45) is -0.760. The molecule has 3 rings (SSSR count). The van der Waals surface area contributed by atoms with E-state index in [9.17, 15) is 14.0 Å². The number of rotatable bonds is 3. The summed E-state index contributed by atoms with van der Waals surface area (Å²) in [5, 5.41) is 5.54. The van der Waals surface area contributed by atoms with Gasteiger partial charge in [0.25, 0.3) is 5.91 Å². The maximum Gasteiger partial charge on any atom is 0.265 e. The molecule has 0 aliphatic carbocycles. The lowest BCUT2D eigenvalue weighted by atomic mass is 10.1. The summed E-state index contributed by atoms with van der Waals surface area (Å²) >= 11 is 5.92. The number of fused-ring (bicyclic) bond motifs is 1. The van der Waals surface area contributed by atoms with Crippen molar-refractivity contribution in [3.8, 4) is 5.75 Å². The van der Waals surface area contributed by atoms with Crippen LogP contribution in [0.1, 0.15) is 12.5 Å². The van der Waals surface area contributed by atoms with Gasteiger partial charge in [-0.15, -0.1) is 0 Å². The molecule has 2 aromatic carbocycles. The number of amides is 2. The average Bonchev–Trinajstić information content (AvgIpc) is 2.52. The minimum Gasteiger partial charge on any atom is -0.479 e. The molecule has 7 heteroatoms. The molecule has 2 N–H and O–H groups in total. The van der Waals surface area contributed by atoms with Crippen LogP contribution < -0.4 is 15.4 Å². The van der Waals surface area contributed by atoms with Gasteiger partial charge in [-0.3, -0.25) is 9.59 Å². The lowest BCUT2D eigenvalue weighted by Crippen LogP contribution is -2.34. The third kappa shape index (κ3) is 3.33. The van der Waals surface area contributed by atoms with Crippen LogP contribution in [0.4, 0.5) is 15.8 Å². The van der Waals surface area contributed by atoms with Gasteiger partial charge in [0.05, 0.1) is 12.1 Å². The van der Waals surface area contributed by atoms with Crippen molar-refractivity contribution in [2.75, 3.05) is 10.6 Å². The Hall–Kier alpha value is -2.60. The van der Waals surface area contributed by atoms with Gasteiger partial charge in [0, 0.05) is 16.3 Å². The fourth-order valence-electron chi connectivity index (χ4n) is 2.35. The fraction of sp³-hybridized carbons (Fsp3) is 0.176. The van der Waals surface area contributed by atoms with Crippen LogP contribution in [0.3, 0.4) is 0 Å². The van der Waals surface area contributed by atoms with Gasteiger partial charge in [-0.25, -0.2) is 4.39 Å². The van der Waals surface area contributed by atoms with Gasteiger partial charge < -0.3 is 15.4 Å². The SMILES string of the molecule is C[C@@H]1Oc2ccc(NC(=O)Cc3c(F)cccc3Cl)cc2NC1=O. The van der Waals surface area contributed by atoms with Crippen LogP contribution in [0.15, 0.2) is 36.4 Å². The normalized spacial score (nSPS) is 16.0. The van der Waals surface area contributed by atoms with E-state index in [0.717, 1.165) is 0 Å². The summed E-state index contributed by atoms with van der Waals surface area (Å²) in [6.45, 7) is 1.64. The maximum atomic E-state index is 13.7. The summed E-state index contributed by atoms with van der Waals surface area (Å²) in [7, 11) is 0. The van der Waals surface area contributed by atoms with Gasteiger partial charge in [0.15, 0.2) is 6.10 Å². The Morgan fingerprint density at radius 3 is 2.92 bits per heavy atom. The zero-order valence-corrected chi connectivity index (χ0v) is 13.5. The molecular weight excluding hydrogens is 335 g/mol. The van der Waals surface area contributed by atoms with E-state index in [1.54, 1.807) is 25.1 Å². The largest absolute Gasteiger partial charge is 0.479 e. The van der Waals surface area contributed by atoms with Crippen LogP contribution in [0, 0.1) is 5.82 Å². The van der Waals surface area contributed by atoms with E-state index in [4.69, 9.17) is 16.3 Å². The van der Waals surface area contributed by atoms with Crippen LogP contribution in [-0.4, -0.2) is 17.9 Å². The van der Waals surface area contributed by atoms with Gasteiger partial charge in [-0.1, -0.05) is 17.7 Å². The Balaban J connectivity index is 1.74. The van der Waals surface area contributed by atoms with Gasteiger partial charge in [0.2, 0.25) is 5.91 Å². The summed E-state index contributed by atoms with van der Waals surface area (Å²) in [5.74, 6) is -0.683. The average molecular weight is 349 g/mol. The smallest absolute Gasteiger partial charge is 0.265 e. The van der Waals surface area contributed by atoms with Crippen LogP contribution in [0.25, 0.3) is 0 Å². The molecule has 1 heterocycles. The molecule has 2 aromatic rings. The van der Waals surface area contributed by atoms with Crippen LogP contribution >= 0.6 is 11.6 Å². The van der Waals surface area contributed by atoms with E-state index in [1.807, 2.05) is 0 Å². The Labute approximate surface area is 142 Å². The Kier molecular flexibility index (Phi) is 4.40. The topological polar surface area (TPSA) is 67.4 Å². The molecule has 0 fully saturated rings. The lowest BCUT2D eigenvalue weighted by molar-refractivity contribution is -0.122. The first kappa shape index (κ1) is 16.3. The van der Waals surface area contributed by atoms with Crippen molar-refractivity contribution >= 4 is 34.8 Å². The molecule has 0 unspecified atom stereocenters. The predicted octanol–water partition coefficient (Wildman–Crippen LogP) is 3.38. The monoisotopic (exact) mass is 348 g/mol. The molecular formula is C17H14ClFN2O3. The molecule has 2 amide bonds. The second-order valence-electron chi connectivity index (χ2n) is 5.39. The van der Waals surface area contributed by atoms with E-state index >= 15 is 0 Å². The van der Waals surface area contributed by atoms with E-state index in [1.165, 1.54) is 18.2 Å². The first-order chi connectivity index (χ1) is 11.4. The minimum absolute atomic E-state index is 0.139. The van der Waals surface area contributed by atoms with Gasteiger partial charge in [-0.05, 0) is 37.3 Å². The van der Waals surface area contributed by atoms with Crippen molar-refractivity contribution in [3.05, 3.63) is 52.8 Å². The first-order valence-electron chi connectivity index (χ1n) is 7.28. The molecule has 0 spiro atoms. The Morgan fingerprint density at radius 2 is 2.17 bits per heavy atom. The number of hydrogen-bond acceptors (Lipinski definition) is 3. The number of benzene rings is 2. The molecule has 0 saturated heterocycles. The van der Waals surface area contributed by atoms with E-state index < -0.39 is 17.8 Å². The molecule has 124 valence electrons. The van der Waals surface area contributed by atoms with Gasteiger partial charge in [-0.2, -0.15) is 0 Å². The standard InChI is InChI=1S/C17H14ClFN2O3/c1-9-17(23)21-14-7-10(5-6-15(14)24-9)20-16(22)8-11-12(18)3-2-4-13(11)19/h2-7,9H,8H2,1H3,(H,20,22)(H,21,23)/t9-/m0/s1. The highest BCUT2D eigenvalue weighted by molar-refractivity contribution is 6.31. The Morgan fingerprint density at radius 1 is 1.38 bits per heavy atom. The number of nitrogens with one attached hydrogen (secondary N) is 2. The fourth-order valence-corrected chi connectivity index (χ4v) is 2.58. The quantitative estimate of drug-likeness (QED) is 0.893. The second kappa shape index (κ2) is 6.49. The predicted molar refractivity (Wildman–Crippen MR) is 88.9 cm³/mol. The van der Waals surface area contributed by atoms with Crippen molar-refractivity contribution in [2.24, 2.45) is 0 Å². The molecule has 5 nitrogen and oxygen atoms in total. The molecule has 0 bridgehead atoms. The minimum atomic E-state index is -0.568. The summed E-state index contributed by atoms with van der Waals surface area (Å²) in [6, 6.07) is 9.13. The van der Waals surface area contributed by atoms with Crippen molar-refractivity contribution in [1.29, 1.82) is 0 Å². The molecule has 1 atom stereocenters. The number of halogens is 2. The van der Waals surface area contributed by atoms with E-state index in [2.05, 4.69) is 10.6 Å². The zero-order valence-electron chi connectivity index (χ0n) is 12.7. The Bertz CT molecular complexity index is 805. The van der Waals surface area contributed by atoms with E-state index in [0.29, 0.717) is 17.1 Å². The second-order valence-corrected chi connectivity index (χ2v) is 5.79. The third-order valence-corrected chi connectivity index (χ3v) is 3.95. The molecule has 0 aromatic heterocycles. The van der Waals surface area contributed by atoms with Crippen LogP contribution in [-0.2, 0) is 16.0 Å². The first-order valence-corrected chi connectivity index (χ1v) is 7.66. The highest BCUT2D eigenvalue weighted by atomic mass is 35.5. The number of hydrogen-bond donors (Lipinski definition) is 2. The molecule has 1 aliphatic rings. The van der Waals surface area contributed by atoms with Crippen LogP contribution in [0.5, 0.6) is 5.75 Å². The van der Waals surface area contributed by atoms with Gasteiger partial charge in [0.1, 0.15) is 11.6 Å². The molecule has 0 radical (unpaired) electrons. The number of carbonyl (C=O) groups is 2. The van der Waals surface area contributed by atoms with Crippen LogP contribution in [0.2, 0.25) is 5.02 Å². The summed E-state index contributed by atoms with van der Waals surface area (Å²) in [5.41, 5.74) is 1.07. The number of ether oxygens (including phenoxy) is 1. The molecule has 24 heavy (non-hydrogen) atoms. The van der Waals surface area contributed by atoms with Gasteiger partial charge >= 0.3 is 0 Å². The number of anilines is 2.